The molecule has 0 aliphatic heterocycles. The first-order valence-electron chi connectivity index (χ1n) is 5.34. The highest BCUT2D eigenvalue weighted by atomic mass is 32.2. The summed E-state index contributed by atoms with van der Waals surface area (Å²) >= 11 is 0. The predicted molar refractivity (Wildman–Crippen MR) is 64.0 cm³/mol. The molecule has 0 bridgehead atoms. The third-order valence-electron chi connectivity index (χ3n) is 2.10. The van der Waals surface area contributed by atoms with E-state index in [1.54, 1.807) is 6.92 Å². The van der Waals surface area contributed by atoms with Crippen LogP contribution in [0.15, 0.2) is 0 Å². The van der Waals surface area contributed by atoms with Crippen LogP contribution in [0.1, 0.15) is 27.2 Å². The molecular weight excluding hydrogens is 212 g/mol. The van der Waals surface area contributed by atoms with E-state index in [1.165, 1.54) is 0 Å². The Bertz CT molecular complexity index is 219. The highest BCUT2D eigenvalue weighted by Gasteiger charge is 2.18. The van der Waals surface area contributed by atoms with E-state index in [9.17, 15) is 9.00 Å². The summed E-state index contributed by atoms with van der Waals surface area (Å²) in [5.41, 5.74) is 5.28. The van der Waals surface area contributed by atoms with Gasteiger partial charge in [0.05, 0.1) is 0 Å². The van der Waals surface area contributed by atoms with Crippen LogP contribution in [0.25, 0.3) is 0 Å². The van der Waals surface area contributed by atoms with E-state index in [2.05, 4.69) is 19.2 Å². The predicted octanol–water partition coefficient (Wildman–Crippen LogP) is 0.245. The zero-order valence-corrected chi connectivity index (χ0v) is 10.6. The van der Waals surface area contributed by atoms with Gasteiger partial charge in [-0.25, -0.2) is 0 Å². The molecule has 3 N–H and O–H groups in total. The van der Waals surface area contributed by atoms with Gasteiger partial charge in [-0.2, -0.15) is 0 Å². The van der Waals surface area contributed by atoms with Crippen molar-refractivity contribution in [1.82, 2.24) is 5.32 Å². The second-order valence-electron chi connectivity index (χ2n) is 3.99. The first-order valence-corrected chi connectivity index (χ1v) is 6.72. The van der Waals surface area contributed by atoms with E-state index in [0.29, 0.717) is 24.8 Å². The minimum absolute atomic E-state index is 0.137. The van der Waals surface area contributed by atoms with Crippen molar-refractivity contribution in [3.8, 4) is 0 Å². The molecule has 0 aliphatic carbocycles. The molecule has 0 saturated carbocycles. The lowest BCUT2D eigenvalue weighted by Gasteiger charge is -2.12. The molecule has 0 heterocycles. The quantitative estimate of drug-likeness (QED) is 0.663. The summed E-state index contributed by atoms with van der Waals surface area (Å²) in [7, 11) is -1.15. The summed E-state index contributed by atoms with van der Waals surface area (Å²) in [6.45, 7) is 6.89. The van der Waals surface area contributed by atoms with Crippen molar-refractivity contribution in [3.63, 3.8) is 0 Å². The van der Waals surface area contributed by atoms with Gasteiger partial charge in [-0.3, -0.25) is 9.00 Å². The molecule has 2 unspecified atom stereocenters. The van der Waals surface area contributed by atoms with Gasteiger partial charge in [0, 0.05) is 29.6 Å². The molecule has 0 spiro atoms. The number of hydrogen-bond donors (Lipinski definition) is 2. The van der Waals surface area contributed by atoms with Crippen LogP contribution >= 0.6 is 0 Å². The Morgan fingerprint density at radius 1 is 1.40 bits per heavy atom. The molecule has 0 aromatic heterocycles. The molecule has 0 aliphatic rings. The Hall–Kier alpha value is -0.420. The Balaban J connectivity index is 3.83. The molecule has 0 rings (SSSR count). The van der Waals surface area contributed by atoms with E-state index in [-0.39, 0.29) is 5.91 Å². The minimum Gasteiger partial charge on any atom is -0.355 e. The third-order valence-corrected chi connectivity index (χ3v) is 3.74. The first kappa shape index (κ1) is 14.6. The van der Waals surface area contributed by atoms with E-state index in [0.717, 1.165) is 6.42 Å². The normalized spacial score (nSPS) is 15.0. The summed E-state index contributed by atoms with van der Waals surface area (Å²) in [5, 5.41) is 2.32. The van der Waals surface area contributed by atoms with Gasteiger partial charge < -0.3 is 11.1 Å². The number of carbonyl (C=O) groups excluding carboxylic acids is 1. The van der Waals surface area contributed by atoms with Crippen molar-refractivity contribution in [3.05, 3.63) is 0 Å². The molecule has 90 valence electrons. The van der Waals surface area contributed by atoms with Crippen LogP contribution in [0.5, 0.6) is 0 Å². The van der Waals surface area contributed by atoms with Crippen molar-refractivity contribution in [1.29, 1.82) is 0 Å². The maximum Gasteiger partial charge on any atom is 0.235 e. The minimum atomic E-state index is -1.15. The maximum absolute atomic E-state index is 11.5. The Morgan fingerprint density at radius 3 is 2.47 bits per heavy atom. The zero-order chi connectivity index (χ0) is 11.8. The Morgan fingerprint density at radius 2 is 2.00 bits per heavy atom. The lowest BCUT2D eigenvalue weighted by Crippen LogP contribution is -2.37. The van der Waals surface area contributed by atoms with Crippen molar-refractivity contribution in [2.24, 2.45) is 11.7 Å². The summed E-state index contributed by atoms with van der Waals surface area (Å²) in [5.74, 6) is 0.816. The zero-order valence-electron chi connectivity index (χ0n) is 9.79. The number of rotatable bonds is 7. The average molecular weight is 234 g/mol. The summed E-state index contributed by atoms with van der Waals surface area (Å²) in [6.07, 6.45) is 0.946. The lowest BCUT2D eigenvalue weighted by molar-refractivity contribution is -0.120. The number of hydrogen-bond acceptors (Lipinski definition) is 3. The van der Waals surface area contributed by atoms with Crippen LogP contribution in [-0.2, 0) is 15.6 Å². The monoisotopic (exact) mass is 234 g/mol. The third kappa shape index (κ3) is 6.62. The average Bonchev–Trinajstić information content (AvgIpc) is 2.16. The number of nitrogens with two attached hydrogens (primary N) is 1. The molecule has 1 amide bonds. The van der Waals surface area contributed by atoms with Crippen molar-refractivity contribution < 1.29 is 9.00 Å². The molecule has 2 atom stereocenters. The second kappa shape index (κ2) is 7.82. The number of carbonyl (C=O) groups is 1. The van der Waals surface area contributed by atoms with Crippen LogP contribution in [0.3, 0.4) is 0 Å². The first-order chi connectivity index (χ1) is 6.99. The van der Waals surface area contributed by atoms with Gasteiger partial charge in [0.25, 0.3) is 0 Å². The van der Waals surface area contributed by atoms with Gasteiger partial charge in [-0.05, 0) is 19.3 Å². The van der Waals surface area contributed by atoms with Gasteiger partial charge >= 0.3 is 0 Å². The van der Waals surface area contributed by atoms with Gasteiger partial charge in [-0.1, -0.05) is 13.8 Å². The van der Waals surface area contributed by atoms with Crippen LogP contribution in [-0.4, -0.2) is 34.2 Å². The highest BCUT2D eigenvalue weighted by Crippen LogP contribution is 1.99. The van der Waals surface area contributed by atoms with E-state index in [4.69, 9.17) is 5.73 Å². The lowest BCUT2D eigenvalue weighted by atomic mass is 10.1. The molecule has 0 aromatic rings. The topological polar surface area (TPSA) is 72.2 Å². The van der Waals surface area contributed by atoms with Crippen molar-refractivity contribution >= 4 is 16.7 Å². The smallest absolute Gasteiger partial charge is 0.235 e. The standard InChI is InChI=1S/C10H22N2O2S/c1-8(2)4-6-12-10(13)9(3)15(14)7-5-11/h8-9H,4-7,11H2,1-3H3,(H,12,13). The highest BCUT2D eigenvalue weighted by molar-refractivity contribution is 7.86. The van der Waals surface area contributed by atoms with E-state index < -0.39 is 16.0 Å². The largest absolute Gasteiger partial charge is 0.355 e. The SMILES string of the molecule is CC(C)CCNC(=O)C(C)S(=O)CCN. The van der Waals surface area contributed by atoms with Crippen LogP contribution in [0.4, 0.5) is 0 Å². The molecule has 4 nitrogen and oxygen atoms in total. The Kier molecular flexibility index (Phi) is 7.60. The van der Waals surface area contributed by atoms with Crippen molar-refractivity contribution in [2.75, 3.05) is 18.8 Å². The van der Waals surface area contributed by atoms with Crippen LogP contribution < -0.4 is 11.1 Å². The second-order valence-corrected chi connectivity index (χ2v) is 5.87. The summed E-state index contributed by atoms with van der Waals surface area (Å²) in [4.78, 5) is 11.5. The van der Waals surface area contributed by atoms with Gasteiger partial charge in [0.15, 0.2) is 0 Å². The van der Waals surface area contributed by atoms with Crippen LogP contribution in [0, 0.1) is 5.92 Å². The Labute approximate surface area is 94.4 Å². The maximum atomic E-state index is 11.5. The molecule has 0 radical (unpaired) electrons. The van der Waals surface area contributed by atoms with Gasteiger partial charge in [-0.15, -0.1) is 0 Å². The van der Waals surface area contributed by atoms with E-state index >= 15 is 0 Å². The molecule has 0 saturated heterocycles. The van der Waals surface area contributed by atoms with E-state index in [1.807, 2.05) is 0 Å². The fourth-order valence-corrected chi connectivity index (χ4v) is 1.95. The fourth-order valence-electron chi connectivity index (χ4n) is 1.04. The van der Waals surface area contributed by atoms with Gasteiger partial charge in [0.1, 0.15) is 5.25 Å². The molecule has 15 heavy (non-hydrogen) atoms. The molecular formula is C10H22N2O2S. The van der Waals surface area contributed by atoms with Crippen molar-refractivity contribution in [2.45, 2.75) is 32.4 Å². The van der Waals surface area contributed by atoms with Gasteiger partial charge in [0.2, 0.25) is 5.91 Å². The molecule has 5 heteroatoms. The fraction of sp³-hybridized carbons (Fsp3) is 0.900. The number of amides is 1. The molecule has 0 fully saturated rings. The summed E-state index contributed by atoms with van der Waals surface area (Å²) < 4.78 is 11.5. The van der Waals surface area contributed by atoms with Crippen LogP contribution in [0.2, 0.25) is 0 Å². The molecule has 0 aromatic carbocycles. The number of nitrogens with one attached hydrogen (secondary N) is 1. The summed E-state index contributed by atoms with van der Waals surface area (Å²) in [6, 6.07) is 0.